The van der Waals surface area contributed by atoms with E-state index in [1.165, 1.54) is 12.8 Å². The highest BCUT2D eigenvalue weighted by atomic mass is 35.5. The standard InChI is InChI=1S/C14H26N4OS.3ClH/c19-14(18-5-7-20-8-6-18)13-9-12(10-16-13)17-11-1-3-15-4-2-11;;;/h11-13,15-17H,1-10H2;3*1H/t12-,13-;;;/m0.../s1. The summed E-state index contributed by atoms with van der Waals surface area (Å²) < 4.78 is 0. The fourth-order valence-electron chi connectivity index (χ4n) is 3.38. The first-order valence-corrected chi connectivity index (χ1v) is 9.05. The monoisotopic (exact) mass is 406 g/mol. The number of hydrogen-bond donors (Lipinski definition) is 3. The second-order valence-corrected chi connectivity index (χ2v) is 7.25. The summed E-state index contributed by atoms with van der Waals surface area (Å²) in [4.78, 5) is 14.5. The van der Waals surface area contributed by atoms with Crippen LogP contribution in [-0.4, -0.2) is 73.2 Å². The third-order valence-corrected chi connectivity index (χ3v) is 5.50. The predicted molar refractivity (Wildman–Crippen MR) is 105 cm³/mol. The Balaban J connectivity index is 0.00000161. The van der Waals surface area contributed by atoms with E-state index in [4.69, 9.17) is 0 Å². The zero-order valence-electron chi connectivity index (χ0n) is 13.3. The van der Waals surface area contributed by atoms with Crippen molar-refractivity contribution in [3.8, 4) is 0 Å². The van der Waals surface area contributed by atoms with Gasteiger partial charge in [0.25, 0.3) is 0 Å². The minimum absolute atomic E-state index is 0. The number of amides is 1. The molecular formula is C14H29Cl3N4OS. The van der Waals surface area contributed by atoms with Crippen LogP contribution in [0.15, 0.2) is 0 Å². The van der Waals surface area contributed by atoms with Crippen molar-refractivity contribution in [2.45, 2.75) is 37.4 Å². The van der Waals surface area contributed by atoms with E-state index in [-0.39, 0.29) is 43.3 Å². The van der Waals surface area contributed by atoms with Crippen molar-refractivity contribution in [3.05, 3.63) is 0 Å². The molecule has 3 rings (SSSR count). The summed E-state index contributed by atoms with van der Waals surface area (Å²) in [5.41, 5.74) is 0. The highest BCUT2D eigenvalue weighted by Gasteiger charge is 2.33. The Labute approximate surface area is 162 Å². The molecule has 9 heteroatoms. The first-order valence-electron chi connectivity index (χ1n) is 7.89. The maximum absolute atomic E-state index is 12.5. The van der Waals surface area contributed by atoms with Crippen LogP contribution in [0.4, 0.5) is 0 Å². The maximum atomic E-state index is 12.5. The number of carbonyl (C=O) groups excluding carboxylic acids is 1. The largest absolute Gasteiger partial charge is 0.340 e. The van der Waals surface area contributed by atoms with Gasteiger partial charge in [-0.2, -0.15) is 11.8 Å². The molecule has 0 aromatic carbocycles. The van der Waals surface area contributed by atoms with Gasteiger partial charge in [0.05, 0.1) is 6.04 Å². The van der Waals surface area contributed by atoms with Gasteiger partial charge in [-0.05, 0) is 32.4 Å². The van der Waals surface area contributed by atoms with E-state index >= 15 is 0 Å². The van der Waals surface area contributed by atoms with Crippen LogP contribution in [0.25, 0.3) is 0 Å². The number of nitrogens with zero attached hydrogens (tertiary/aromatic N) is 1. The molecule has 0 aliphatic carbocycles. The molecule has 2 atom stereocenters. The van der Waals surface area contributed by atoms with Crippen LogP contribution in [0.5, 0.6) is 0 Å². The van der Waals surface area contributed by atoms with Crippen LogP contribution in [0.2, 0.25) is 0 Å². The summed E-state index contributed by atoms with van der Waals surface area (Å²) in [5, 5.41) is 10.5. The molecule has 0 aromatic heterocycles. The number of hydrogen-bond acceptors (Lipinski definition) is 5. The first kappa shape index (κ1) is 23.6. The second-order valence-electron chi connectivity index (χ2n) is 6.02. The summed E-state index contributed by atoms with van der Waals surface area (Å²) in [5.74, 6) is 2.50. The molecule has 138 valence electrons. The fraction of sp³-hybridized carbons (Fsp3) is 0.929. The van der Waals surface area contributed by atoms with E-state index in [0.717, 1.165) is 50.7 Å². The fourth-order valence-corrected chi connectivity index (χ4v) is 4.28. The topological polar surface area (TPSA) is 56.4 Å². The molecule has 5 nitrogen and oxygen atoms in total. The number of piperidine rings is 1. The van der Waals surface area contributed by atoms with Gasteiger partial charge in [0.1, 0.15) is 0 Å². The zero-order chi connectivity index (χ0) is 13.8. The molecule has 3 aliphatic heterocycles. The molecule has 0 radical (unpaired) electrons. The molecular weight excluding hydrogens is 379 g/mol. The van der Waals surface area contributed by atoms with Gasteiger partial charge in [0.15, 0.2) is 0 Å². The molecule has 3 aliphatic rings. The summed E-state index contributed by atoms with van der Waals surface area (Å²) in [6.45, 7) is 5.02. The summed E-state index contributed by atoms with van der Waals surface area (Å²) in [6.07, 6.45) is 3.36. The molecule has 23 heavy (non-hydrogen) atoms. The Morgan fingerprint density at radius 1 is 1.04 bits per heavy atom. The van der Waals surface area contributed by atoms with Crippen molar-refractivity contribution in [2.75, 3.05) is 44.2 Å². The third-order valence-electron chi connectivity index (χ3n) is 4.56. The zero-order valence-corrected chi connectivity index (χ0v) is 16.6. The van der Waals surface area contributed by atoms with E-state index in [9.17, 15) is 4.79 Å². The number of carbonyl (C=O) groups is 1. The summed E-state index contributed by atoms with van der Waals surface area (Å²) in [6, 6.07) is 1.13. The molecule has 3 heterocycles. The van der Waals surface area contributed by atoms with Gasteiger partial charge in [0.2, 0.25) is 5.91 Å². The number of halogens is 3. The van der Waals surface area contributed by atoms with Crippen molar-refractivity contribution in [1.82, 2.24) is 20.9 Å². The van der Waals surface area contributed by atoms with Crippen LogP contribution in [0.3, 0.4) is 0 Å². The van der Waals surface area contributed by atoms with Crippen molar-refractivity contribution in [2.24, 2.45) is 0 Å². The Bertz CT molecular complexity index is 342. The van der Waals surface area contributed by atoms with Gasteiger partial charge >= 0.3 is 0 Å². The molecule has 0 aromatic rings. The lowest BCUT2D eigenvalue weighted by atomic mass is 10.0. The van der Waals surface area contributed by atoms with Crippen molar-refractivity contribution < 1.29 is 4.79 Å². The molecule has 3 fully saturated rings. The van der Waals surface area contributed by atoms with Gasteiger partial charge < -0.3 is 20.9 Å². The average Bonchev–Trinajstić information content (AvgIpc) is 2.97. The molecule has 0 spiro atoms. The number of rotatable bonds is 3. The molecule has 3 saturated heterocycles. The molecule has 3 N–H and O–H groups in total. The van der Waals surface area contributed by atoms with Gasteiger partial charge in [-0.25, -0.2) is 0 Å². The van der Waals surface area contributed by atoms with Crippen LogP contribution in [0.1, 0.15) is 19.3 Å². The Hall–Kier alpha value is 0.570. The highest BCUT2D eigenvalue weighted by Crippen LogP contribution is 2.16. The SMILES string of the molecule is Cl.Cl.Cl.O=C([C@@H]1C[C@H](NC2CCNCC2)CN1)N1CCSCC1. The van der Waals surface area contributed by atoms with Gasteiger partial charge in [-0.1, -0.05) is 0 Å². The lowest BCUT2D eigenvalue weighted by Crippen LogP contribution is -2.47. The maximum Gasteiger partial charge on any atom is 0.239 e. The third kappa shape index (κ3) is 6.77. The van der Waals surface area contributed by atoms with E-state index in [1.807, 2.05) is 16.7 Å². The van der Waals surface area contributed by atoms with Crippen LogP contribution >= 0.6 is 49.0 Å². The minimum atomic E-state index is 0. The van der Waals surface area contributed by atoms with Crippen molar-refractivity contribution in [1.29, 1.82) is 0 Å². The van der Waals surface area contributed by atoms with Gasteiger partial charge in [-0.3, -0.25) is 4.79 Å². The van der Waals surface area contributed by atoms with E-state index in [1.54, 1.807) is 0 Å². The smallest absolute Gasteiger partial charge is 0.239 e. The normalized spacial score (nSPS) is 28.3. The van der Waals surface area contributed by atoms with Crippen LogP contribution < -0.4 is 16.0 Å². The lowest BCUT2D eigenvalue weighted by Gasteiger charge is -2.29. The summed E-state index contributed by atoms with van der Waals surface area (Å²) >= 11 is 1.95. The van der Waals surface area contributed by atoms with E-state index < -0.39 is 0 Å². The van der Waals surface area contributed by atoms with E-state index in [0.29, 0.717) is 18.0 Å². The number of nitrogens with one attached hydrogen (secondary N) is 3. The van der Waals surface area contributed by atoms with Crippen molar-refractivity contribution in [3.63, 3.8) is 0 Å². The van der Waals surface area contributed by atoms with E-state index in [2.05, 4.69) is 16.0 Å². The first-order chi connectivity index (χ1) is 9.83. The van der Waals surface area contributed by atoms with Gasteiger partial charge in [0, 0.05) is 43.2 Å². The lowest BCUT2D eigenvalue weighted by molar-refractivity contribution is -0.132. The molecule has 0 saturated carbocycles. The highest BCUT2D eigenvalue weighted by molar-refractivity contribution is 7.99. The molecule has 0 bridgehead atoms. The molecule has 0 unspecified atom stereocenters. The Kier molecular flexibility index (Phi) is 12.3. The quantitative estimate of drug-likeness (QED) is 0.649. The van der Waals surface area contributed by atoms with Crippen LogP contribution in [0, 0.1) is 0 Å². The summed E-state index contributed by atoms with van der Waals surface area (Å²) in [7, 11) is 0. The molecule has 1 amide bonds. The second kappa shape index (κ2) is 12.0. The average molecular weight is 408 g/mol. The van der Waals surface area contributed by atoms with Gasteiger partial charge in [-0.15, -0.1) is 37.2 Å². The van der Waals surface area contributed by atoms with Crippen molar-refractivity contribution >= 4 is 54.9 Å². The Morgan fingerprint density at radius 2 is 1.70 bits per heavy atom. The van der Waals surface area contributed by atoms with Crippen LogP contribution in [-0.2, 0) is 4.79 Å². The Morgan fingerprint density at radius 3 is 2.35 bits per heavy atom. The minimum Gasteiger partial charge on any atom is -0.340 e. The predicted octanol–water partition coefficient (Wildman–Crippen LogP) is 0.899. The number of thioether (sulfide) groups is 1.